The second-order valence-electron chi connectivity index (χ2n) is 5.90. The van der Waals surface area contributed by atoms with Gasteiger partial charge in [0.05, 0.1) is 17.5 Å². The van der Waals surface area contributed by atoms with Crippen LogP contribution in [0.3, 0.4) is 0 Å². The van der Waals surface area contributed by atoms with Crippen molar-refractivity contribution in [3.63, 3.8) is 0 Å². The SMILES string of the molecule is COCc1ccccc1S(=O)(=O)N1CCNCC1c1ccccc1Cl. The topological polar surface area (TPSA) is 58.6 Å². The van der Waals surface area contributed by atoms with Gasteiger partial charge in [0.2, 0.25) is 10.0 Å². The van der Waals surface area contributed by atoms with Crippen LogP contribution in [0.15, 0.2) is 53.4 Å². The largest absolute Gasteiger partial charge is 0.380 e. The quantitative estimate of drug-likeness (QED) is 0.866. The van der Waals surface area contributed by atoms with Crippen molar-refractivity contribution in [1.82, 2.24) is 9.62 Å². The molecule has 0 aromatic heterocycles. The van der Waals surface area contributed by atoms with Gasteiger partial charge in [0, 0.05) is 31.8 Å². The smallest absolute Gasteiger partial charge is 0.244 e. The van der Waals surface area contributed by atoms with E-state index in [0.717, 1.165) is 5.56 Å². The van der Waals surface area contributed by atoms with Crippen LogP contribution < -0.4 is 5.32 Å². The molecule has 1 heterocycles. The van der Waals surface area contributed by atoms with E-state index in [4.69, 9.17) is 16.3 Å². The summed E-state index contributed by atoms with van der Waals surface area (Å²) in [4.78, 5) is 0.288. The Morgan fingerprint density at radius 2 is 1.92 bits per heavy atom. The summed E-state index contributed by atoms with van der Waals surface area (Å²) in [6.45, 7) is 1.76. The molecule has 1 unspecified atom stereocenters. The van der Waals surface area contributed by atoms with Crippen molar-refractivity contribution in [2.24, 2.45) is 0 Å². The number of ether oxygens (including phenoxy) is 1. The van der Waals surface area contributed by atoms with Crippen molar-refractivity contribution < 1.29 is 13.2 Å². The molecule has 1 N–H and O–H groups in total. The average molecular weight is 381 g/mol. The maximum absolute atomic E-state index is 13.4. The molecule has 0 radical (unpaired) electrons. The molecule has 1 aliphatic heterocycles. The van der Waals surface area contributed by atoms with Gasteiger partial charge in [-0.25, -0.2) is 8.42 Å². The monoisotopic (exact) mass is 380 g/mol. The number of rotatable bonds is 5. The summed E-state index contributed by atoms with van der Waals surface area (Å²) in [5, 5.41) is 3.84. The fraction of sp³-hybridized carbons (Fsp3) is 0.333. The molecule has 2 aromatic rings. The van der Waals surface area contributed by atoms with E-state index in [-0.39, 0.29) is 17.5 Å². The second kappa shape index (κ2) is 7.85. The maximum Gasteiger partial charge on any atom is 0.244 e. The summed E-state index contributed by atoms with van der Waals surface area (Å²) < 4.78 is 33.5. The minimum atomic E-state index is -3.67. The van der Waals surface area contributed by atoms with Crippen LogP contribution in [0.2, 0.25) is 5.02 Å². The van der Waals surface area contributed by atoms with Gasteiger partial charge in [0.1, 0.15) is 0 Å². The molecule has 25 heavy (non-hydrogen) atoms. The predicted octanol–water partition coefficient (Wildman–Crippen LogP) is 2.82. The molecule has 7 heteroatoms. The molecule has 1 atom stereocenters. The first-order chi connectivity index (χ1) is 12.1. The fourth-order valence-electron chi connectivity index (χ4n) is 3.14. The molecule has 0 spiro atoms. The first-order valence-corrected chi connectivity index (χ1v) is 9.91. The lowest BCUT2D eigenvalue weighted by atomic mass is 10.1. The van der Waals surface area contributed by atoms with E-state index in [0.29, 0.717) is 30.2 Å². The predicted molar refractivity (Wildman–Crippen MR) is 98.1 cm³/mol. The van der Waals surface area contributed by atoms with Gasteiger partial charge in [-0.3, -0.25) is 0 Å². The molecule has 1 aliphatic rings. The Bertz CT molecular complexity index is 842. The normalized spacial score (nSPS) is 19.0. The zero-order valence-corrected chi connectivity index (χ0v) is 15.6. The minimum absolute atomic E-state index is 0.248. The summed E-state index contributed by atoms with van der Waals surface area (Å²) in [5.41, 5.74) is 1.46. The summed E-state index contributed by atoms with van der Waals surface area (Å²) in [7, 11) is -2.12. The van der Waals surface area contributed by atoms with Gasteiger partial charge in [-0.2, -0.15) is 4.31 Å². The lowest BCUT2D eigenvalue weighted by Gasteiger charge is -2.36. The average Bonchev–Trinajstić information content (AvgIpc) is 2.63. The van der Waals surface area contributed by atoms with Crippen molar-refractivity contribution in [2.75, 3.05) is 26.7 Å². The first-order valence-electron chi connectivity index (χ1n) is 8.09. The fourth-order valence-corrected chi connectivity index (χ4v) is 5.22. The standard InChI is InChI=1S/C18H21ClN2O3S/c1-24-13-14-6-2-5-9-18(14)25(22,23)21-11-10-20-12-17(21)15-7-3-4-8-16(15)19/h2-9,17,20H,10-13H2,1H3. The first kappa shape index (κ1) is 18.4. The van der Waals surface area contributed by atoms with Gasteiger partial charge >= 0.3 is 0 Å². The molecule has 2 aromatic carbocycles. The molecule has 1 fully saturated rings. The van der Waals surface area contributed by atoms with Crippen LogP contribution in [0.5, 0.6) is 0 Å². The summed E-state index contributed by atoms with van der Waals surface area (Å²) >= 11 is 6.33. The highest BCUT2D eigenvalue weighted by Crippen LogP contribution is 2.33. The van der Waals surface area contributed by atoms with Gasteiger partial charge in [0.25, 0.3) is 0 Å². The van der Waals surface area contributed by atoms with Crippen LogP contribution in [-0.4, -0.2) is 39.5 Å². The Morgan fingerprint density at radius 1 is 1.20 bits per heavy atom. The van der Waals surface area contributed by atoms with E-state index in [2.05, 4.69) is 5.32 Å². The molecular formula is C18H21ClN2O3S. The van der Waals surface area contributed by atoms with E-state index in [1.54, 1.807) is 35.7 Å². The van der Waals surface area contributed by atoms with Crippen LogP contribution in [0, 0.1) is 0 Å². The Morgan fingerprint density at radius 3 is 2.68 bits per heavy atom. The van der Waals surface area contributed by atoms with E-state index >= 15 is 0 Å². The van der Waals surface area contributed by atoms with Crippen molar-refractivity contribution in [3.8, 4) is 0 Å². The number of halogens is 1. The van der Waals surface area contributed by atoms with E-state index in [1.807, 2.05) is 24.3 Å². The van der Waals surface area contributed by atoms with Crippen molar-refractivity contribution >= 4 is 21.6 Å². The van der Waals surface area contributed by atoms with Gasteiger partial charge < -0.3 is 10.1 Å². The molecule has 0 aliphatic carbocycles. The number of nitrogens with one attached hydrogen (secondary N) is 1. The van der Waals surface area contributed by atoms with Crippen molar-refractivity contribution in [2.45, 2.75) is 17.5 Å². The third kappa shape index (κ3) is 3.73. The van der Waals surface area contributed by atoms with E-state index in [9.17, 15) is 8.42 Å². The zero-order valence-electron chi connectivity index (χ0n) is 14.0. The van der Waals surface area contributed by atoms with E-state index in [1.165, 1.54) is 0 Å². The summed E-state index contributed by atoms with van der Waals surface area (Å²) in [6.07, 6.45) is 0. The molecule has 1 saturated heterocycles. The minimum Gasteiger partial charge on any atom is -0.380 e. The molecule has 0 saturated carbocycles. The van der Waals surface area contributed by atoms with Crippen molar-refractivity contribution in [3.05, 3.63) is 64.7 Å². The highest BCUT2D eigenvalue weighted by atomic mass is 35.5. The Labute approximate surface area is 153 Å². The Kier molecular flexibility index (Phi) is 5.76. The van der Waals surface area contributed by atoms with Crippen LogP contribution in [-0.2, 0) is 21.4 Å². The summed E-state index contributed by atoms with van der Waals surface area (Å²) in [6, 6.07) is 14.0. The zero-order chi connectivity index (χ0) is 17.9. The molecule has 0 amide bonds. The molecular weight excluding hydrogens is 360 g/mol. The molecule has 0 bridgehead atoms. The number of hydrogen-bond acceptors (Lipinski definition) is 4. The molecule has 5 nitrogen and oxygen atoms in total. The highest BCUT2D eigenvalue weighted by Gasteiger charge is 2.36. The van der Waals surface area contributed by atoms with Crippen LogP contribution in [0.25, 0.3) is 0 Å². The third-order valence-electron chi connectivity index (χ3n) is 4.32. The Hall–Kier alpha value is -1.44. The van der Waals surface area contributed by atoms with E-state index < -0.39 is 10.0 Å². The number of piperazine rings is 1. The number of methoxy groups -OCH3 is 1. The second-order valence-corrected chi connectivity index (χ2v) is 8.16. The number of hydrogen-bond donors (Lipinski definition) is 1. The molecule has 3 rings (SSSR count). The lowest BCUT2D eigenvalue weighted by Crippen LogP contribution is -2.48. The third-order valence-corrected chi connectivity index (χ3v) is 6.67. The van der Waals surface area contributed by atoms with Gasteiger partial charge in [-0.05, 0) is 23.3 Å². The van der Waals surface area contributed by atoms with Gasteiger partial charge in [0.15, 0.2) is 0 Å². The van der Waals surface area contributed by atoms with Crippen LogP contribution >= 0.6 is 11.6 Å². The Balaban J connectivity index is 2.04. The number of sulfonamides is 1. The maximum atomic E-state index is 13.4. The van der Waals surface area contributed by atoms with Gasteiger partial charge in [-0.1, -0.05) is 48.0 Å². The van der Waals surface area contributed by atoms with Crippen LogP contribution in [0.4, 0.5) is 0 Å². The lowest BCUT2D eigenvalue weighted by molar-refractivity contribution is 0.182. The summed E-state index contributed by atoms with van der Waals surface area (Å²) in [5.74, 6) is 0. The molecule has 134 valence electrons. The van der Waals surface area contributed by atoms with Crippen LogP contribution in [0.1, 0.15) is 17.2 Å². The van der Waals surface area contributed by atoms with Crippen molar-refractivity contribution in [1.29, 1.82) is 0 Å². The number of benzene rings is 2. The van der Waals surface area contributed by atoms with Gasteiger partial charge in [-0.15, -0.1) is 0 Å². The highest BCUT2D eigenvalue weighted by molar-refractivity contribution is 7.89. The number of nitrogens with zero attached hydrogens (tertiary/aromatic N) is 1.